The minimum absolute atomic E-state index is 0.00454. The molecule has 0 bridgehead atoms. The Hall–Kier alpha value is -1.47. The third-order valence-corrected chi connectivity index (χ3v) is 4.70. The number of hydrogen-bond donors (Lipinski definition) is 0. The molecule has 3 nitrogen and oxygen atoms in total. The molecule has 0 radical (unpaired) electrons. The van der Waals surface area contributed by atoms with Gasteiger partial charge in [-0.05, 0) is 71.5 Å². The first-order valence-corrected chi connectivity index (χ1v) is 9.09. The minimum atomic E-state index is 0.00454. The first kappa shape index (κ1) is 16.4. The zero-order valence-electron chi connectivity index (χ0n) is 12.5. The third kappa shape index (κ3) is 3.55. The second kappa shape index (κ2) is 6.97. The van der Waals surface area contributed by atoms with E-state index in [0.29, 0.717) is 17.8 Å². The summed E-state index contributed by atoms with van der Waals surface area (Å²) in [5.41, 5.74) is 1.79. The largest absolute Gasteiger partial charge is 0.293 e. The molecule has 1 aromatic heterocycles. The third-order valence-electron chi connectivity index (χ3n) is 3.54. The van der Waals surface area contributed by atoms with Crippen LogP contribution in [0.4, 0.5) is 0 Å². The molecule has 116 valence electrons. The fourth-order valence-electron chi connectivity index (χ4n) is 2.42. The van der Waals surface area contributed by atoms with Gasteiger partial charge in [-0.25, -0.2) is 4.98 Å². The molecule has 23 heavy (non-hydrogen) atoms. The molecule has 0 aliphatic rings. The highest BCUT2D eigenvalue weighted by Gasteiger charge is 2.08. The van der Waals surface area contributed by atoms with E-state index in [1.165, 1.54) is 0 Å². The molecule has 0 saturated heterocycles. The van der Waals surface area contributed by atoms with E-state index >= 15 is 0 Å². The molecule has 0 spiro atoms. The quantitative estimate of drug-likeness (QED) is 0.497. The summed E-state index contributed by atoms with van der Waals surface area (Å²) in [4.78, 5) is 17.3. The molecule has 2 aromatic carbocycles. The zero-order valence-corrected chi connectivity index (χ0v) is 16.2. The Labute approximate surface area is 156 Å². The second-order valence-corrected chi connectivity index (χ2v) is 7.23. The smallest absolute Gasteiger partial charge is 0.261 e. The second-order valence-electron chi connectivity index (χ2n) is 5.07. The molecule has 0 unspecified atom stereocenters. The van der Waals surface area contributed by atoms with Crippen LogP contribution in [0.2, 0.25) is 0 Å². The molecule has 0 N–H and O–H groups in total. The molecule has 5 heteroatoms. The van der Waals surface area contributed by atoms with Gasteiger partial charge in [0.2, 0.25) is 0 Å². The maximum Gasteiger partial charge on any atom is 0.261 e. The average Bonchev–Trinajstić information content (AvgIpc) is 2.54. The van der Waals surface area contributed by atoms with Crippen LogP contribution in [0.25, 0.3) is 23.1 Å². The number of fused-ring (bicyclic) bond motifs is 1. The van der Waals surface area contributed by atoms with Crippen molar-refractivity contribution in [2.24, 2.45) is 0 Å². The van der Waals surface area contributed by atoms with Crippen molar-refractivity contribution in [3.05, 3.63) is 72.2 Å². The number of nitrogens with zero attached hydrogens (tertiary/aromatic N) is 2. The van der Waals surface area contributed by atoms with Crippen molar-refractivity contribution in [2.75, 3.05) is 0 Å². The Bertz CT molecular complexity index is 963. The lowest BCUT2D eigenvalue weighted by atomic mass is 10.2. The average molecular weight is 481 g/mol. The predicted molar refractivity (Wildman–Crippen MR) is 107 cm³/mol. The van der Waals surface area contributed by atoms with Crippen LogP contribution in [0.1, 0.15) is 18.3 Å². The summed E-state index contributed by atoms with van der Waals surface area (Å²) in [6, 6.07) is 13.7. The van der Waals surface area contributed by atoms with Gasteiger partial charge in [-0.1, -0.05) is 34.1 Å². The monoisotopic (exact) mass is 480 g/mol. The molecule has 0 aliphatic heterocycles. The van der Waals surface area contributed by atoms with Crippen LogP contribution in [0, 0.1) is 3.57 Å². The van der Waals surface area contributed by atoms with E-state index in [0.717, 1.165) is 19.1 Å². The summed E-state index contributed by atoms with van der Waals surface area (Å²) in [5.74, 6) is 0.672. The normalized spacial score (nSPS) is 11.4. The molecule has 0 amide bonds. The van der Waals surface area contributed by atoms with E-state index in [-0.39, 0.29) is 5.56 Å². The van der Waals surface area contributed by atoms with E-state index in [4.69, 9.17) is 0 Å². The molecule has 0 fully saturated rings. The summed E-state index contributed by atoms with van der Waals surface area (Å²) in [6.45, 7) is 2.55. The number of rotatable bonds is 3. The van der Waals surface area contributed by atoms with Crippen molar-refractivity contribution in [3.8, 4) is 0 Å². The van der Waals surface area contributed by atoms with Gasteiger partial charge in [-0.15, -0.1) is 0 Å². The Morgan fingerprint density at radius 1 is 1.22 bits per heavy atom. The van der Waals surface area contributed by atoms with Crippen molar-refractivity contribution in [3.63, 3.8) is 0 Å². The van der Waals surface area contributed by atoms with Crippen LogP contribution >= 0.6 is 38.5 Å². The number of benzene rings is 2. The van der Waals surface area contributed by atoms with Gasteiger partial charge >= 0.3 is 0 Å². The van der Waals surface area contributed by atoms with Gasteiger partial charge in [-0.2, -0.15) is 0 Å². The van der Waals surface area contributed by atoms with Gasteiger partial charge in [-0.3, -0.25) is 9.36 Å². The summed E-state index contributed by atoms with van der Waals surface area (Å²) in [6.07, 6.45) is 3.86. The number of halogens is 2. The van der Waals surface area contributed by atoms with E-state index in [9.17, 15) is 4.79 Å². The maximum atomic E-state index is 12.7. The van der Waals surface area contributed by atoms with Gasteiger partial charge in [0, 0.05) is 14.6 Å². The van der Waals surface area contributed by atoms with Gasteiger partial charge in [0.05, 0.1) is 10.9 Å². The molecule has 0 aliphatic carbocycles. The van der Waals surface area contributed by atoms with Crippen LogP contribution in [-0.2, 0) is 6.54 Å². The van der Waals surface area contributed by atoms with Gasteiger partial charge in [0.25, 0.3) is 5.56 Å². The topological polar surface area (TPSA) is 34.9 Å². The molecular weight excluding hydrogens is 467 g/mol. The van der Waals surface area contributed by atoms with E-state index in [1.807, 2.05) is 61.5 Å². The molecule has 0 atom stereocenters. The van der Waals surface area contributed by atoms with Crippen molar-refractivity contribution in [1.82, 2.24) is 9.55 Å². The van der Waals surface area contributed by atoms with Crippen LogP contribution in [0.15, 0.2) is 51.7 Å². The summed E-state index contributed by atoms with van der Waals surface area (Å²) < 4.78 is 3.76. The van der Waals surface area contributed by atoms with E-state index < -0.39 is 0 Å². The van der Waals surface area contributed by atoms with Crippen molar-refractivity contribution in [2.45, 2.75) is 13.5 Å². The lowest BCUT2D eigenvalue weighted by Crippen LogP contribution is -2.23. The fourth-order valence-corrected chi connectivity index (χ4v) is 3.33. The Morgan fingerprint density at radius 2 is 2.04 bits per heavy atom. The maximum absolute atomic E-state index is 12.7. The minimum Gasteiger partial charge on any atom is -0.293 e. The molecular formula is C18H14BrIN2O. The van der Waals surface area contributed by atoms with Crippen molar-refractivity contribution in [1.29, 1.82) is 0 Å². The Kier molecular flexibility index (Phi) is 4.96. The summed E-state index contributed by atoms with van der Waals surface area (Å²) in [7, 11) is 0. The number of aromatic nitrogens is 2. The van der Waals surface area contributed by atoms with E-state index in [1.54, 1.807) is 4.57 Å². The lowest BCUT2D eigenvalue weighted by Gasteiger charge is -2.09. The van der Waals surface area contributed by atoms with Gasteiger partial charge in [0.1, 0.15) is 5.82 Å². The van der Waals surface area contributed by atoms with Crippen LogP contribution in [-0.4, -0.2) is 9.55 Å². The highest BCUT2D eigenvalue weighted by Crippen LogP contribution is 2.16. The highest BCUT2D eigenvalue weighted by molar-refractivity contribution is 14.1. The molecule has 0 saturated carbocycles. The van der Waals surface area contributed by atoms with E-state index in [2.05, 4.69) is 43.5 Å². The Balaban J connectivity index is 2.13. The molecule has 3 rings (SSSR count). The standard InChI is InChI=1S/C18H14BrIN2O/c1-2-22-17(9-6-12-4-3-5-13(19)10-12)21-16-8-7-14(20)11-15(16)18(22)23/h3-11H,2H2,1H3/b9-6+. The zero-order chi connectivity index (χ0) is 16.4. The van der Waals surface area contributed by atoms with Crippen molar-refractivity contribution < 1.29 is 0 Å². The lowest BCUT2D eigenvalue weighted by molar-refractivity contribution is 0.708. The predicted octanol–water partition coefficient (Wildman–Crippen LogP) is 4.95. The molecule has 3 aromatic rings. The van der Waals surface area contributed by atoms with Crippen LogP contribution in [0.3, 0.4) is 0 Å². The number of hydrogen-bond acceptors (Lipinski definition) is 2. The van der Waals surface area contributed by atoms with Crippen LogP contribution < -0.4 is 5.56 Å². The van der Waals surface area contributed by atoms with Gasteiger partial charge < -0.3 is 0 Å². The highest BCUT2D eigenvalue weighted by atomic mass is 127. The SMILES string of the molecule is CCn1c(/C=C/c2cccc(Br)c2)nc2ccc(I)cc2c1=O. The first-order valence-electron chi connectivity index (χ1n) is 7.22. The first-order chi connectivity index (χ1) is 11.1. The summed E-state index contributed by atoms with van der Waals surface area (Å²) >= 11 is 5.67. The molecule has 1 heterocycles. The Morgan fingerprint density at radius 3 is 2.78 bits per heavy atom. The summed E-state index contributed by atoms with van der Waals surface area (Å²) in [5, 5.41) is 0.665. The fraction of sp³-hybridized carbons (Fsp3) is 0.111. The van der Waals surface area contributed by atoms with Crippen molar-refractivity contribution >= 4 is 61.6 Å². The van der Waals surface area contributed by atoms with Gasteiger partial charge in [0.15, 0.2) is 0 Å². The van der Waals surface area contributed by atoms with Crippen LogP contribution in [0.5, 0.6) is 0 Å².